The lowest BCUT2D eigenvalue weighted by atomic mass is 10.0. The van der Waals surface area contributed by atoms with Gasteiger partial charge in [0, 0.05) is 42.8 Å². The molecular weight excluding hydrogens is 416 g/mol. The first-order valence-corrected chi connectivity index (χ1v) is 11.1. The maximum Gasteiger partial charge on any atom is 0.258 e. The third-order valence-corrected chi connectivity index (χ3v) is 5.82. The molecule has 1 saturated heterocycles. The average Bonchev–Trinajstić information content (AvgIpc) is 2.88. The van der Waals surface area contributed by atoms with Crippen molar-refractivity contribution in [1.82, 2.24) is 9.88 Å². The van der Waals surface area contributed by atoms with Gasteiger partial charge in [-0.15, -0.1) is 0 Å². The van der Waals surface area contributed by atoms with Crippen LogP contribution in [0.4, 0.5) is 11.4 Å². The first-order valence-electron chi connectivity index (χ1n) is 11.1. The van der Waals surface area contributed by atoms with Crippen molar-refractivity contribution in [3.05, 3.63) is 84.7 Å². The van der Waals surface area contributed by atoms with Crippen LogP contribution in [-0.4, -0.2) is 54.5 Å². The van der Waals surface area contributed by atoms with Gasteiger partial charge in [0.25, 0.3) is 5.91 Å². The van der Waals surface area contributed by atoms with Crippen LogP contribution in [0.15, 0.2) is 79.1 Å². The topological polar surface area (TPSA) is 74.8 Å². The third-order valence-electron chi connectivity index (χ3n) is 5.82. The van der Waals surface area contributed by atoms with Gasteiger partial charge in [0.1, 0.15) is 12.3 Å². The second-order valence-electron chi connectivity index (χ2n) is 8.00. The molecule has 3 aromatic rings. The number of ether oxygens (including phenoxy) is 1. The van der Waals surface area contributed by atoms with Gasteiger partial charge in [-0.1, -0.05) is 18.2 Å². The highest BCUT2D eigenvalue weighted by molar-refractivity contribution is 6.08. The number of carbonyl (C=O) groups excluding carboxylic acids is 2. The van der Waals surface area contributed by atoms with Crippen molar-refractivity contribution in [1.29, 1.82) is 0 Å². The summed E-state index contributed by atoms with van der Waals surface area (Å²) in [5.41, 5.74) is 2.19. The standard InChI is InChI=1S/C26H28N4O3/c1-33-24-11-9-20(10-12-24)26(32)30(23-7-3-2-4-8-23)19-25(31)29-16-13-21(14-17-29)28-22-6-5-15-27-18-22/h2-12,15,18,21,28H,13-14,16-17,19H2,1H3. The number of hydrogen-bond donors (Lipinski definition) is 1. The molecule has 1 N–H and O–H groups in total. The van der Waals surface area contributed by atoms with E-state index in [9.17, 15) is 9.59 Å². The summed E-state index contributed by atoms with van der Waals surface area (Å²) in [6.45, 7) is 1.29. The number of amides is 2. The van der Waals surface area contributed by atoms with E-state index < -0.39 is 0 Å². The Morgan fingerprint density at radius 1 is 1.03 bits per heavy atom. The van der Waals surface area contributed by atoms with Crippen molar-refractivity contribution in [2.45, 2.75) is 18.9 Å². The normalized spacial score (nSPS) is 13.9. The number of piperidine rings is 1. The Morgan fingerprint density at radius 3 is 2.39 bits per heavy atom. The van der Waals surface area contributed by atoms with E-state index in [0.717, 1.165) is 18.5 Å². The summed E-state index contributed by atoms with van der Waals surface area (Å²) in [5.74, 6) is 0.405. The van der Waals surface area contributed by atoms with Crippen LogP contribution < -0.4 is 15.0 Å². The van der Waals surface area contributed by atoms with Crippen LogP contribution in [0.3, 0.4) is 0 Å². The number of carbonyl (C=O) groups is 2. The molecule has 0 bridgehead atoms. The minimum atomic E-state index is -0.217. The van der Waals surface area contributed by atoms with Gasteiger partial charge >= 0.3 is 0 Å². The Bertz CT molecular complexity index is 1050. The number of likely N-dealkylation sites (tertiary alicyclic amines) is 1. The molecule has 2 amide bonds. The molecule has 0 spiro atoms. The Labute approximate surface area is 194 Å². The number of nitrogens with zero attached hydrogens (tertiary/aromatic N) is 3. The fraction of sp³-hybridized carbons (Fsp3) is 0.269. The van der Waals surface area contributed by atoms with Gasteiger partial charge in [-0.2, -0.15) is 0 Å². The molecule has 7 nitrogen and oxygen atoms in total. The molecule has 1 aliphatic rings. The number of benzene rings is 2. The van der Waals surface area contributed by atoms with Gasteiger partial charge in [0.15, 0.2) is 0 Å². The molecule has 2 heterocycles. The number of nitrogens with one attached hydrogen (secondary N) is 1. The van der Waals surface area contributed by atoms with E-state index in [1.165, 1.54) is 0 Å². The molecule has 0 atom stereocenters. The predicted molar refractivity (Wildman–Crippen MR) is 129 cm³/mol. The van der Waals surface area contributed by atoms with E-state index in [2.05, 4.69) is 10.3 Å². The number of para-hydroxylation sites is 1. The lowest BCUT2D eigenvalue weighted by molar-refractivity contribution is -0.130. The number of rotatable bonds is 7. The highest BCUT2D eigenvalue weighted by Gasteiger charge is 2.27. The van der Waals surface area contributed by atoms with Crippen LogP contribution in [0, 0.1) is 0 Å². The summed E-state index contributed by atoms with van der Waals surface area (Å²) < 4.78 is 5.19. The highest BCUT2D eigenvalue weighted by Crippen LogP contribution is 2.21. The minimum absolute atomic E-state index is 0.00439. The molecule has 0 unspecified atom stereocenters. The third kappa shape index (κ3) is 5.68. The Kier molecular flexibility index (Phi) is 7.19. The first kappa shape index (κ1) is 22.3. The lowest BCUT2D eigenvalue weighted by Crippen LogP contribution is -2.47. The summed E-state index contributed by atoms with van der Waals surface area (Å²) in [6.07, 6.45) is 5.25. The quantitative estimate of drug-likeness (QED) is 0.599. The molecular formula is C26H28N4O3. The summed E-state index contributed by atoms with van der Waals surface area (Å²) in [5, 5.41) is 3.48. The van der Waals surface area contributed by atoms with Crippen LogP contribution >= 0.6 is 0 Å². The Hall–Kier alpha value is -3.87. The zero-order valence-electron chi connectivity index (χ0n) is 18.7. The molecule has 2 aromatic carbocycles. The number of hydrogen-bond acceptors (Lipinski definition) is 5. The molecule has 0 aliphatic carbocycles. The van der Waals surface area contributed by atoms with E-state index in [1.54, 1.807) is 48.7 Å². The maximum absolute atomic E-state index is 13.3. The SMILES string of the molecule is COc1ccc(C(=O)N(CC(=O)N2CCC(Nc3cccnc3)CC2)c2ccccc2)cc1. The molecule has 1 aromatic heterocycles. The Morgan fingerprint density at radius 2 is 1.76 bits per heavy atom. The second kappa shape index (κ2) is 10.6. The average molecular weight is 445 g/mol. The van der Waals surface area contributed by atoms with E-state index in [1.807, 2.05) is 47.4 Å². The lowest BCUT2D eigenvalue weighted by Gasteiger charge is -2.34. The van der Waals surface area contributed by atoms with E-state index in [0.29, 0.717) is 36.1 Å². The van der Waals surface area contributed by atoms with Crippen molar-refractivity contribution >= 4 is 23.2 Å². The summed E-state index contributed by atoms with van der Waals surface area (Å²) in [4.78, 5) is 34.0. The van der Waals surface area contributed by atoms with Crippen LogP contribution in [0.2, 0.25) is 0 Å². The van der Waals surface area contributed by atoms with Gasteiger partial charge in [-0.25, -0.2) is 0 Å². The summed E-state index contributed by atoms with van der Waals surface area (Å²) >= 11 is 0. The van der Waals surface area contributed by atoms with Crippen LogP contribution in [-0.2, 0) is 4.79 Å². The Balaban J connectivity index is 1.42. The van der Waals surface area contributed by atoms with Crippen molar-refractivity contribution in [3.63, 3.8) is 0 Å². The first-order chi connectivity index (χ1) is 16.1. The van der Waals surface area contributed by atoms with Crippen molar-refractivity contribution in [2.24, 2.45) is 0 Å². The van der Waals surface area contributed by atoms with Gasteiger partial charge in [0.2, 0.25) is 5.91 Å². The largest absolute Gasteiger partial charge is 0.497 e. The number of methoxy groups -OCH3 is 1. The predicted octanol–water partition coefficient (Wildman–Crippen LogP) is 3.84. The van der Waals surface area contributed by atoms with Gasteiger partial charge < -0.3 is 15.0 Å². The zero-order valence-corrected chi connectivity index (χ0v) is 18.7. The fourth-order valence-corrected chi connectivity index (χ4v) is 3.97. The van der Waals surface area contributed by atoms with Crippen molar-refractivity contribution in [2.75, 3.05) is 37.0 Å². The van der Waals surface area contributed by atoms with Crippen molar-refractivity contribution in [3.8, 4) is 5.75 Å². The van der Waals surface area contributed by atoms with E-state index >= 15 is 0 Å². The molecule has 1 aliphatic heterocycles. The van der Waals surface area contributed by atoms with Gasteiger partial charge in [-0.3, -0.25) is 19.5 Å². The molecule has 1 fully saturated rings. The summed E-state index contributed by atoms with van der Waals surface area (Å²) in [6, 6.07) is 20.4. The van der Waals surface area contributed by atoms with Crippen LogP contribution in [0.5, 0.6) is 5.75 Å². The number of aromatic nitrogens is 1. The molecule has 0 radical (unpaired) electrons. The molecule has 7 heteroatoms. The number of pyridine rings is 1. The second-order valence-corrected chi connectivity index (χ2v) is 8.00. The highest BCUT2D eigenvalue weighted by atomic mass is 16.5. The van der Waals surface area contributed by atoms with E-state index in [4.69, 9.17) is 4.74 Å². The molecule has 4 rings (SSSR count). The van der Waals surface area contributed by atoms with Gasteiger partial charge in [0.05, 0.1) is 12.8 Å². The van der Waals surface area contributed by atoms with Crippen LogP contribution in [0.1, 0.15) is 23.2 Å². The molecule has 170 valence electrons. The van der Waals surface area contributed by atoms with Crippen molar-refractivity contribution < 1.29 is 14.3 Å². The van der Waals surface area contributed by atoms with Crippen LogP contribution in [0.25, 0.3) is 0 Å². The van der Waals surface area contributed by atoms with Gasteiger partial charge in [-0.05, 0) is 61.4 Å². The maximum atomic E-state index is 13.3. The summed E-state index contributed by atoms with van der Waals surface area (Å²) in [7, 11) is 1.58. The number of anilines is 2. The smallest absolute Gasteiger partial charge is 0.258 e. The molecule has 33 heavy (non-hydrogen) atoms. The zero-order chi connectivity index (χ0) is 23.0. The fourth-order valence-electron chi connectivity index (χ4n) is 3.97. The minimum Gasteiger partial charge on any atom is -0.497 e. The molecule has 0 saturated carbocycles. The monoisotopic (exact) mass is 444 g/mol. The van der Waals surface area contributed by atoms with E-state index in [-0.39, 0.29) is 18.4 Å².